The Morgan fingerprint density at radius 2 is 1.83 bits per heavy atom. The van der Waals surface area contributed by atoms with E-state index in [9.17, 15) is 0 Å². The number of benzene rings is 1. The van der Waals surface area contributed by atoms with E-state index in [2.05, 4.69) is 55.9 Å². The van der Waals surface area contributed by atoms with E-state index in [-0.39, 0.29) is 11.6 Å². The van der Waals surface area contributed by atoms with E-state index in [0.29, 0.717) is 5.92 Å². The van der Waals surface area contributed by atoms with Crippen molar-refractivity contribution in [3.8, 4) is 5.75 Å². The summed E-state index contributed by atoms with van der Waals surface area (Å²) in [6, 6.07) is 7.99. The lowest BCUT2D eigenvalue weighted by molar-refractivity contribution is 0.139. The number of para-hydroxylation sites is 1. The highest BCUT2D eigenvalue weighted by Crippen LogP contribution is 2.26. The van der Waals surface area contributed by atoms with Gasteiger partial charge in [-0.1, -0.05) is 26.0 Å². The van der Waals surface area contributed by atoms with Crippen molar-refractivity contribution < 1.29 is 4.74 Å². The van der Waals surface area contributed by atoms with E-state index >= 15 is 0 Å². The maximum Gasteiger partial charge on any atom is 0.133 e. The predicted molar refractivity (Wildman–Crippen MR) is 81.2 cm³/mol. The van der Waals surface area contributed by atoms with Gasteiger partial charge < -0.3 is 10.1 Å². The summed E-state index contributed by atoms with van der Waals surface area (Å²) in [5, 5.41) is 3.50. The van der Waals surface area contributed by atoms with Crippen LogP contribution < -0.4 is 10.1 Å². The lowest BCUT2D eigenvalue weighted by Gasteiger charge is -2.28. The largest absolute Gasteiger partial charge is 0.488 e. The highest BCUT2D eigenvalue weighted by atomic mass is 79.9. The van der Waals surface area contributed by atoms with E-state index in [1.807, 2.05) is 24.3 Å². The van der Waals surface area contributed by atoms with Crippen molar-refractivity contribution in [2.75, 3.05) is 6.54 Å². The van der Waals surface area contributed by atoms with Gasteiger partial charge in [-0.05, 0) is 54.8 Å². The minimum Gasteiger partial charge on any atom is -0.488 e. The molecule has 0 aliphatic rings. The van der Waals surface area contributed by atoms with Gasteiger partial charge in [0.1, 0.15) is 11.9 Å². The Labute approximate surface area is 119 Å². The fourth-order valence-electron chi connectivity index (χ4n) is 1.52. The number of rotatable bonds is 5. The standard InChI is InChI=1S/C15H24BrNO/c1-11(2)14(10-17-15(3,4)5)18-13-9-7-6-8-12(13)16/h6-9,11,14,17H,10H2,1-5H3. The molecular weight excluding hydrogens is 290 g/mol. The average Bonchev–Trinajstić information content (AvgIpc) is 2.24. The van der Waals surface area contributed by atoms with Crippen LogP contribution in [-0.2, 0) is 0 Å². The molecule has 1 rings (SSSR count). The Bertz CT molecular complexity index is 371. The van der Waals surface area contributed by atoms with Gasteiger partial charge in [-0.15, -0.1) is 0 Å². The molecule has 0 bridgehead atoms. The molecule has 0 aliphatic heterocycles. The molecule has 0 saturated heterocycles. The van der Waals surface area contributed by atoms with Gasteiger partial charge in [0.25, 0.3) is 0 Å². The molecule has 0 aliphatic carbocycles. The molecule has 0 fully saturated rings. The maximum absolute atomic E-state index is 6.09. The second kappa shape index (κ2) is 6.58. The summed E-state index contributed by atoms with van der Waals surface area (Å²) < 4.78 is 7.10. The van der Waals surface area contributed by atoms with Gasteiger partial charge in [0.15, 0.2) is 0 Å². The first kappa shape index (κ1) is 15.5. The number of halogens is 1. The first-order valence-electron chi connectivity index (χ1n) is 6.46. The lowest BCUT2D eigenvalue weighted by Crippen LogP contribution is -2.44. The van der Waals surface area contributed by atoms with Gasteiger partial charge in [0, 0.05) is 12.1 Å². The topological polar surface area (TPSA) is 21.3 Å². The number of nitrogens with one attached hydrogen (secondary N) is 1. The molecule has 0 saturated carbocycles. The van der Waals surface area contributed by atoms with Crippen LogP contribution in [0.4, 0.5) is 0 Å². The van der Waals surface area contributed by atoms with Gasteiger partial charge in [-0.25, -0.2) is 0 Å². The number of hydrogen-bond acceptors (Lipinski definition) is 2. The molecule has 1 aromatic rings. The average molecular weight is 314 g/mol. The third-order valence-corrected chi connectivity index (χ3v) is 3.35. The van der Waals surface area contributed by atoms with Crippen LogP contribution in [0.5, 0.6) is 5.75 Å². The Morgan fingerprint density at radius 3 is 2.33 bits per heavy atom. The third kappa shape index (κ3) is 5.40. The predicted octanol–water partition coefficient (Wildman–Crippen LogP) is 4.24. The summed E-state index contributed by atoms with van der Waals surface area (Å²) in [7, 11) is 0. The molecule has 0 amide bonds. The molecule has 102 valence electrons. The zero-order valence-corrected chi connectivity index (χ0v) is 13.5. The summed E-state index contributed by atoms with van der Waals surface area (Å²) in [6.07, 6.45) is 0.169. The monoisotopic (exact) mass is 313 g/mol. The first-order valence-corrected chi connectivity index (χ1v) is 7.25. The first-order chi connectivity index (χ1) is 8.29. The molecule has 1 aromatic carbocycles. The molecule has 0 heterocycles. The van der Waals surface area contributed by atoms with Crippen molar-refractivity contribution in [2.45, 2.75) is 46.3 Å². The van der Waals surface area contributed by atoms with Crippen molar-refractivity contribution in [1.29, 1.82) is 0 Å². The third-order valence-electron chi connectivity index (χ3n) is 2.69. The van der Waals surface area contributed by atoms with Gasteiger partial charge in [0.2, 0.25) is 0 Å². The van der Waals surface area contributed by atoms with E-state index < -0.39 is 0 Å². The minimum atomic E-state index is 0.115. The molecular formula is C15H24BrNO. The van der Waals surface area contributed by atoms with Crippen LogP contribution >= 0.6 is 15.9 Å². The Hall–Kier alpha value is -0.540. The van der Waals surface area contributed by atoms with E-state index in [0.717, 1.165) is 16.8 Å². The highest BCUT2D eigenvalue weighted by molar-refractivity contribution is 9.10. The lowest BCUT2D eigenvalue weighted by atomic mass is 10.0. The van der Waals surface area contributed by atoms with Crippen molar-refractivity contribution in [2.24, 2.45) is 5.92 Å². The smallest absolute Gasteiger partial charge is 0.133 e. The molecule has 1 N–H and O–H groups in total. The molecule has 0 spiro atoms. The molecule has 3 heteroatoms. The summed E-state index contributed by atoms with van der Waals surface area (Å²) in [5.41, 5.74) is 0.115. The normalized spacial score (nSPS) is 13.7. The quantitative estimate of drug-likeness (QED) is 0.878. The molecule has 0 radical (unpaired) electrons. The van der Waals surface area contributed by atoms with Crippen LogP contribution in [-0.4, -0.2) is 18.2 Å². The van der Waals surface area contributed by atoms with Gasteiger partial charge in [-0.2, -0.15) is 0 Å². The second-order valence-corrected chi connectivity index (χ2v) is 6.82. The Balaban J connectivity index is 2.67. The summed E-state index contributed by atoms with van der Waals surface area (Å²) >= 11 is 3.52. The fourth-order valence-corrected chi connectivity index (χ4v) is 1.90. The van der Waals surface area contributed by atoms with E-state index in [1.165, 1.54) is 0 Å². The molecule has 18 heavy (non-hydrogen) atoms. The minimum absolute atomic E-state index is 0.115. The Morgan fingerprint density at radius 1 is 1.22 bits per heavy atom. The van der Waals surface area contributed by atoms with Crippen LogP contribution in [0.2, 0.25) is 0 Å². The summed E-state index contributed by atoms with van der Waals surface area (Å²) in [6.45, 7) is 11.7. The molecule has 1 unspecified atom stereocenters. The summed E-state index contributed by atoms with van der Waals surface area (Å²) in [5.74, 6) is 1.37. The molecule has 0 aromatic heterocycles. The van der Waals surface area contributed by atoms with E-state index in [1.54, 1.807) is 0 Å². The van der Waals surface area contributed by atoms with Crippen LogP contribution in [0.15, 0.2) is 28.7 Å². The van der Waals surface area contributed by atoms with Crippen molar-refractivity contribution in [3.05, 3.63) is 28.7 Å². The maximum atomic E-state index is 6.09. The zero-order valence-electron chi connectivity index (χ0n) is 12.0. The van der Waals surface area contributed by atoms with Crippen molar-refractivity contribution in [1.82, 2.24) is 5.32 Å². The number of ether oxygens (including phenoxy) is 1. The van der Waals surface area contributed by atoms with Crippen LogP contribution in [0.1, 0.15) is 34.6 Å². The van der Waals surface area contributed by atoms with Gasteiger partial charge >= 0.3 is 0 Å². The SMILES string of the molecule is CC(C)C(CNC(C)(C)C)Oc1ccccc1Br. The molecule has 2 nitrogen and oxygen atoms in total. The zero-order chi connectivity index (χ0) is 13.8. The van der Waals surface area contributed by atoms with Crippen LogP contribution in [0, 0.1) is 5.92 Å². The fraction of sp³-hybridized carbons (Fsp3) is 0.600. The Kier molecular flexibility index (Phi) is 5.67. The van der Waals surface area contributed by atoms with Crippen LogP contribution in [0.25, 0.3) is 0 Å². The second-order valence-electron chi connectivity index (χ2n) is 5.96. The molecule has 1 atom stereocenters. The van der Waals surface area contributed by atoms with E-state index in [4.69, 9.17) is 4.74 Å². The number of hydrogen-bond donors (Lipinski definition) is 1. The highest BCUT2D eigenvalue weighted by Gasteiger charge is 2.19. The van der Waals surface area contributed by atoms with Crippen LogP contribution in [0.3, 0.4) is 0 Å². The van der Waals surface area contributed by atoms with Crippen molar-refractivity contribution >= 4 is 15.9 Å². The van der Waals surface area contributed by atoms with Gasteiger partial charge in [-0.3, -0.25) is 0 Å². The van der Waals surface area contributed by atoms with Gasteiger partial charge in [0.05, 0.1) is 4.47 Å². The summed E-state index contributed by atoms with van der Waals surface area (Å²) in [4.78, 5) is 0. The van der Waals surface area contributed by atoms with Crippen molar-refractivity contribution in [3.63, 3.8) is 0 Å².